The molecule has 2 aliphatic heterocycles. The van der Waals surface area contributed by atoms with Crippen LogP contribution in [0.4, 0.5) is 5.69 Å². The number of nitrogens with zero attached hydrogens (tertiary/aromatic N) is 2. The highest BCUT2D eigenvalue weighted by molar-refractivity contribution is 7.89. The Morgan fingerprint density at radius 3 is 2.50 bits per heavy atom. The fourth-order valence-electron chi connectivity index (χ4n) is 2.79. The molecule has 2 heterocycles. The molecular formula is C14H16Cl2N2O3S. The Balaban J connectivity index is 1.95. The van der Waals surface area contributed by atoms with Crippen molar-refractivity contribution in [3.05, 3.63) is 23.8 Å². The van der Waals surface area contributed by atoms with Crippen LogP contribution in [0, 0.1) is 5.92 Å². The summed E-state index contributed by atoms with van der Waals surface area (Å²) < 4.78 is 28.0. The molecule has 1 saturated heterocycles. The molecule has 0 aromatic heterocycles. The van der Waals surface area contributed by atoms with Gasteiger partial charge in [0.15, 0.2) is 5.50 Å². The second-order valence-electron chi connectivity index (χ2n) is 5.78. The van der Waals surface area contributed by atoms with E-state index in [1.165, 1.54) is 22.5 Å². The van der Waals surface area contributed by atoms with E-state index in [-0.39, 0.29) is 16.2 Å². The van der Waals surface area contributed by atoms with Crippen molar-refractivity contribution in [2.75, 3.05) is 17.5 Å². The lowest BCUT2D eigenvalue weighted by atomic mass is 10.0. The number of sulfonamides is 1. The van der Waals surface area contributed by atoms with E-state index in [1.807, 2.05) is 0 Å². The van der Waals surface area contributed by atoms with Crippen molar-refractivity contribution >= 4 is 44.9 Å². The third-order valence-corrected chi connectivity index (χ3v) is 7.02. The van der Waals surface area contributed by atoms with Crippen LogP contribution >= 0.6 is 23.4 Å². The summed E-state index contributed by atoms with van der Waals surface area (Å²) in [4.78, 5) is 12.2. The largest absolute Gasteiger partial charge is 0.290 e. The molecule has 3 rings (SSSR count). The molecule has 0 aliphatic carbocycles. The van der Waals surface area contributed by atoms with Gasteiger partial charge in [0.1, 0.15) is 0 Å². The topological polar surface area (TPSA) is 57.7 Å². The number of Topliss-reactive ketones (excluding diaryl/α,β-unsaturated/α-hetero) is 1. The van der Waals surface area contributed by atoms with E-state index >= 15 is 0 Å². The molecule has 1 aromatic carbocycles. The second kappa shape index (κ2) is 5.67. The van der Waals surface area contributed by atoms with Crippen molar-refractivity contribution in [2.24, 2.45) is 5.92 Å². The van der Waals surface area contributed by atoms with Crippen LogP contribution in [0.1, 0.15) is 30.1 Å². The van der Waals surface area contributed by atoms with Gasteiger partial charge in [0.05, 0.1) is 10.6 Å². The van der Waals surface area contributed by atoms with Crippen LogP contribution in [0.3, 0.4) is 0 Å². The first-order valence-electron chi connectivity index (χ1n) is 7.10. The second-order valence-corrected chi connectivity index (χ2v) is 8.49. The van der Waals surface area contributed by atoms with Gasteiger partial charge in [0.2, 0.25) is 15.8 Å². The lowest BCUT2D eigenvalue weighted by Gasteiger charge is -2.29. The number of anilines is 1. The number of carbonyl (C=O) groups is 1. The fourth-order valence-corrected chi connectivity index (χ4v) is 4.74. The van der Waals surface area contributed by atoms with Crippen LogP contribution in [0.5, 0.6) is 0 Å². The predicted molar refractivity (Wildman–Crippen MR) is 85.9 cm³/mol. The van der Waals surface area contributed by atoms with Crippen molar-refractivity contribution < 1.29 is 13.2 Å². The first-order chi connectivity index (χ1) is 10.3. The Morgan fingerprint density at radius 2 is 1.86 bits per heavy atom. The van der Waals surface area contributed by atoms with Gasteiger partial charge in [-0.3, -0.25) is 9.21 Å². The number of hydrogen-bond acceptors (Lipinski definition) is 4. The Labute approximate surface area is 139 Å². The van der Waals surface area contributed by atoms with E-state index in [4.69, 9.17) is 23.4 Å². The molecular weight excluding hydrogens is 347 g/mol. The minimum atomic E-state index is -3.59. The summed E-state index contributed by atoms with van der Waals surface area (Å²) in [6.07, 6.45) is 1.70. The van der Waals surface area contributed by atoms with Crippen molar-refractivity contribution in [1.82, 2.24) is 4.31 Å². The third-order valence-electron chi connectivity index (χ3n) is 4.26. The summed E-state index contributed by atoms with van der Waals surface area (Å²) >= 11 is 11.8. The number of benzene rings is 1. The molecule has 8 heteroatoms. The molecule has 1 aromatic rings. The van der Waals surface area contributed by atoms with Crippen LogP contribution in [0.2, 0.25) is 0 Å². The van der Waals surface area contributed by atoms with E-state index in [0.29, 0.717) is 24.7 Å². The number of fused-ring (bicyclic) bond motifs is 1. The minimum absolute atomic E-state index is 0.116. The van der Waals surface area contributed by atoms with Gasteiger partial charge < -0.3 is 0 Å². The Morgan fingerprint density at radius 1 is 1.23 bits per heavy atom. The van der Waals surface area contributed by atoms with Crippen LogP contribution in [0.15, 0.2) is 23.1 Å². The van der Waals surface area contributed by atoms with Crippen molar-refractivity contribution in [3.63, 3.8) is 0 Å². The van der Waals surface area contributed by atoms with Crippen LogP contribution < -0.4 is 4.42 Å². The number of rotatable bonds is 2. The molecule has 5 nitrogen and oxygen atoms in total. The van der Waals surface area contributed by atoms with Crippen LogP contribution in [-0.4, -0.2) is 37.1 Å². The molecule has 0 radical (unpaired) electrons. The van der Waals surface area contributed by atoms with Gasteiger partial charge in [-0.2, -0.15) is 4.31 Å². The fraction of sp³-hybridized carbons (Fsp3) is 0.500. The molecule has 0 amide bonds. The Hall–Kier alpha value is -0.820. The zero-order valence-electron chi connectivity index (χ0n) is 12.0. The Kier molecular flexibility index (Phi) is 4.14. The summed E-state index contributed by atoms with van der Waals surface area (Å²) in [6.45, 7) is 3.14. The number of ketones is 1. The molecule has 1 fully saturated rings. The number of carbonyl (C=O) groups excluding carboxylic acids is 1. The van der Waals surface area contributed by atoms with Gasteiger partial charge in [-0.1, -0.05) is 18.5 Å². The molecule has 1 unspecified atom stereocenters. The maximum absolute atomic E-state index is 12.7. The number of piperidine rings is 1. The van der Waals surface area contributed by atoms with Gasteiger partial charge in [-0.15, -0.1) is 0 Å². The number of alkyl halides is 1. The highest BCUT2D eigenvalue weighted by Crippen LogP contribution is 2.37. The quantitative estimate of drug-likeness (QED) is 0.461. The summed E-state index contributed by atoms with van der Waals surface area (Å²) in [6, 6.07) is 4.38. The maximum Gasteiger partial charge on any atom is 0.243 e. The van der Waals surface area contributed by atoms with Crippen molar-refractivity contribution in [3.8, 4) is 0 Å². The number of hydrogen-bond donors (Lipinski definition) is 0. The highest BCUT2D eigenvalue weighted by Gasteiger charge is 2.37. The van der Waals surface area contributed by atoms with Gasteiger partial charge in [-0.05, 0) is 37.0 Å². The third kappa shape index (κ3) is 2.52. The lowest BCUT2D eigenvalue weighted by molar-refractivity contribution is 0.0999. The summed E-state index contributed by atoms with van der Waals surface area (Å²) in [5, 5.41) is 0. The highest BCUT2D eigenvalue weighted by atomic mass is 35.5. The minimum Gasteiger partial charge on any atom is -0.290 e. The molecule has 120 valence electrons. The van der Waals surface area contributed by atoms with Gasteiger partial charge in [0, 0.05) is 30.4 Å². The zero-order chi connectivity index (χ0) is 16.1. The molecule has 0 bridgehead atoms. The summed E-state index contributed by atoms with van der Waals surface area (Å²) in [5.74, 6) is 0.158. The monoisotopic (exact) mass is 362 g/mol. The first kappa shape index (κ1) is 16.1. The number of halogens is 2. The van der Waals surface area contributed by atoms with Gasteiger partial charge in [0.25, 0.3) is 0 Å². The molecule has 0 N–H and O–H groups in total. The van der Waals surface area contributed by atoms with Crippen LogP contribution in [-0.2, 0) is 10.0 Å². The summed E-state index contributed by atoms with van der Waals surface area (Å²) in [7, 11) is -3.59. The molecule has 0 spiro atoms. The van der Waals surface area contributed by atoms with Crippen molar-refractivity contribution in [1.29, 1.82) is 0 Å². The molecule has 2 aliphatic rings. The average Bonchev–Trinajstić information content (AvgIpc) is 2.72. The van der Waals surface area contributed by atoms with E-state index in [1.54, 1.807) is 0 Å². The molecule has 0 saturated carbocycles. The summed E-state index contributed by atoms with van der Waals surface area (Å²) in [5.41, 5.74) is -0.301. The maximum atomic E-state index is 12.7. The van der Waals surface area contributed by atoms with E-state index in [2.05, 4.69) is 6.92 Å². The van der Waals surface area contributed by atoms with Crippen molar-refractivity contribution in [2.45, 2.75) is 30.2 Å². The predicted octanol–water partition coefficient (Wildman–Crippen LogP) is 2.83. The Bertz CT molecular complexity index is 715. The SMILES string of the molecule is CC1CCN(S(=O)(=O)c2ccc3c(c2)C(=O)C(Cl)N3Cl)CC1. The first-order valence-corrected chi connectivity index (χ1v) is 9.31. The van der Waals surface area contributed by atoms with Gasteiger partial charge >= 0.3 is 0 Å². The van der Waals surface area contributed by atoms with Gasteiger partial charge in [-0.25, -0.2) is 8.42 Å². The van der Waals surface area contributed by atoms with E-state index < -0.39 is 15.5 Å². The normalized spacial score (nSPS) is 23.9. The molecule has 22 heavy (non-hydrogen) atoms. The van der Waals surface area contributed by atoms with E-state index in [9.17, 15) is 13.2 Å². The average molecular weight is 363 g/mol. The zero-order valence-corrected chi connectivity index (χ0v) is 14.3. The smallest absolute Gasteiger partial charge is 0.243 e. The van der Waals surface area contributed by atoms with Crippen LogP contribution in [0.25, 0.3) is 0 Å². The lowest BCUT2D eigenvalue weighted by Crippen LogP contribution is -2.37. The standard InChI is InChI=1S/C14H16Cl2N2O3S/c1-9-4-6-17(7-5-9)22(20,21)10-2-3-12-11(8-10)13(19)14(15)18(12)16/h2-3,8-9,14H,4-7H2,1H3. The molecule has 1 atom stereocenters. The van der Waals surface area contributed by atoms with E-state index in [0.717, 1.165) is 17.3 Å².